The number of carbonyl (C=O) groups is 2. The molecule has 0 radical (unpaired) electrons. The third-order valence-electron chi connectivity index (χ3n) is 8.75. The molecule has 9 heteroatoms. The van der Waals surface area contributed by atoms with E-state index in [0.29, 0.717) is 24.3 Å². The van der Waals surface area contributed by atoms with E-state index in [4.69, 9.17) is 18.3 Å². The molecule has 3 heterocycles. The molecule has 0 bridgehead atoms. The van der Waals surface area contributed by atoms with Crippen molar-refractivity contribution in [1.29, 1.82) is 0 Å². The maximum Gasteiger partial charge on any atom is 0.349 e. The second-order valence-electron chi connectivity index (χ2n) is 13.8. The lowest BCUT2D eigenvalue weighted by atomic mass is 9.96. The zero-order valence-electron chi connectivity index (χ0n) is 26.2. The lowest BCUT2D eigenvalue weighted by Crippen LogP contribution is -2.73. The topological polar surface area (TPSA) is 74.3 Å². The molecule has 5 atom stereocenters. The Morgan fingerprint density at radius 3 is 1.93 bits per heavy atom. The predicted octanol–water partition coefficient (Wildman–Crippen LogP) is 7.21. The number of rotatable bonds is 6. The summed E-state index contributed by atoms with van der Waals surface area (Å²) in [7, 11) is -2.96. The van der Waals surface area contributed by atoms with Crippen LogP contribution < -0.4 is 0 Å². The molecular weight excluding hydrogens is 591 g/mol. The van der Waals surface area contributed by atoms with Gasteiger partial charge in [0.15, 0.2) is 0 Å². The number of nitrogens with zero attached hydrogens (tertiary/aromatic N) is 1. The Morgan fingerprint density at radius 1 is 0.818 bits per heavy atom. The molecule has 7 nitrogen and oxygen atoms in total. The number of carbonyl (C=O) groups excluding carboxylic acids is 2. The van der Waals surface area contributed by atoms with Gasteiger partial charge in [-0.1, -0.05) is 114 Å². The van der Waals surface area contributed by atoms with Gasteiger partial charge in [0.1, 0.15) is 29.8 Å². The SMILES string of the molecule is CC(C)(C)[Si]1(C(C)(C)C)OC[C@H]2O[C@@H](Sc3ccccc3)[C@H](N3C(=O)c4ccccc4C3=O)[C@@H](OCc3ccccc3)[C@H]2O1. The van der Waals surface area contributed by atoms with Crippen molar-refractivity contribution in [3.05, 3.63) is 102 Å². The van der Waals surface area contributed by atoms with Crippen molar-refractivity contribution in [2.45, 2.75) is 92.9 Å². The van der Waals surface area contributed by atoms with Gasteiger partial charge < -0.3 is 18.3 Å². The molecule has 2 fully saturated rings. The number of fused-ring (bicyclic) bond motifs is 2. The van der Waals surface area contributed by atoms with E-state index in [-0.39, 0.29) is 21.9 Å². The predicted molar refractivity (Wildman–Crippen MR) is 173 cm³/mol. The van der Waals surface area contributed by atoms with Crippen LogP contribution >= 0.6 is 11.8 Å². The van der Waals surface area contributed by atoms with Crippen molar-refractivity contribution in [1.82, 2.24) is 4.90 Å². The summed E-state index contributed by atoms with van der Waals surface area (Å²) in [5, 5.41) is -0.554. The zero-order valence-corrected chi connectivity index (χ0v) is 28.0. The van der Waals surface area contributed by atoms with Crippen molar-refractivity contribution in [2.24, 2.45) is 0 Å². The summed E-state index contributed by atoms with van der Waals surface area (Å²) in [5.41, 5.74) is 1.16. The fourth-order valence-corrected chi connectivity index (χ4v) is 13.1. The molecule has 0 unspecified atom stereocenters. The summed E-state index contributed by atoms with van der Waals surface area (Å²) >= 11 is 1.49. The molecule has 44 heavy (non-hydrogen) atoms. The van der Waals surface area contributed by atoms with Crippen LogP contribution in [-0.4, -0.2) is 61.7 Å². The van der Waals surface area contributed by atoms with Gasteiger partial charge in [-0.25, -0.2) is 0 Å². The number of thioether (sulfide) groups is 1. The van der Waals surface area contributed by atoms with Crippen LogP contribution in [0.2, 0.25) is 10.1 Å². The van der Waals surface area contributed by atoms with Crippen LogP contribution in [0.4, 0.5) is 0 Å². The molecule has 2 amide bonds. The second-order valence-corrected chi connectivity index (χ2v) is 19.7. The summed E-state index contributed by atoms with van der Waals surface area (Å²) in [4.78, 5) is 30.4. The summed E-state index contributed by atoms with van der Waals surface area (Å²) in [6.45, 7) is 13.7. The van der Waals surface area contributed by atoms with Crippen molar-refractivity contribution in [3.8, 4) is 0 Å². The van der Waals surface area contributed by atoms with E-state index in [0.717, 1.165) is 10.5 Å². The first-order chi connectivity index (χ1) is 20.9. The van der Waals surface area contributed by atoms with Crippen LogP contribution in [0.15, 0.2) is 89.8 Å². The molecule has 3 aromatic rings. The van der Waals surface area contributed by atoms with E-state index < -0.39 is 38.4 Å². The number of amides is 2. The van der Waals surface area contributed by atoms with Crippen LogP contribution in [0.3, 0.4) is 0 Å². The summed E-state index contributed by atoms with van der Waals surface area (Å²) in [6.07, 6.45) is -1.67. The van der Waals surface area contributed by atoms with Gasteiger partial charge in [-0.3, -0.25) is 14.5 Å². The average Bonchev–Trinajstić information content (AvgIpc) is 3.24. The zero-order chi connectivity index (χ0) is 31.3. The van der Waals surface area contributed by atoms with E-state index in [9.17, 15) is 9.59 Å². The average molecular weight is 632 g/mol. The Labute approximate surface area is 265 Å². The number of benzene rings is 3. The monoisotopic (exact) mass is 631 g/mol. The summed E-state index contributed by atoms with van der Waals surface area (Å²) in [5.74, 6) is -0.682. The van der Waals surface area contributed by atoms with E-state index in [2.05, 4.69) is 41.5 Å². The highest BCUT2D eigenvalue weighted by Crippen LogP contribution is 2.56. The van der Waals surface area contributed by atoms with E-state index in [1.54, 1.807) is 24.3 Å². The Bertz CT molecular complexity index is 1460. The van der Waals surface area contributed by atoms with Gasteiger partial charge in [-0.15, -0.1) is 0 Å². The van der Waals surface area contributed by atoms with E-state index in [1.165, 1.54) is 16.7 Å². The lowest BCUT2D eigenvalue weighted by molar-refractivity contribution is -0.218. The van der Waals surface area contributed by atoms with E-state index >= 15 is 0 Å². The highest BCUT2D eigenvalue weighted by atomic mass is 32.2. The standard InChI is InChI=1S/C35H41NO6SSi/c1-34(2,3)44(35(4,5)6)40-22-27-29(42-44)30(39-21-23-15-9-7-10-16-23)28(33(41-27)43-24-17-11-8-12-18-24)36-31(37)25-19-13-14-20-26(25)32(36)38/h7-20,27-30,33H,21-22H2,1-6H3/t27-,28-,29+,30-,33+/m1/s1. The third kappa shape index (κ3) is 5.48. The first-order valence-corrected chi connectivity index (χ1v) is 17.9. The Hall–Kier alpha value is -2.79. The highest BCUT2D eigenvalue weighted by Gasteiger charge is 2.66. The number of hydrogen-bond donors (Lipinski definition) is 0. The molecule has 0 aliphatic carbocycles. The molecule has 0 N–H and O–H groups in total. The summed E-state index contributed by atoms with van der Waals surface area (Å²) < 4.78 is 27.7. The van der Waals surface area contributed by atoms with Crippen LogP contribution in [0.1, 0.15) is 67.8 Å². The largest absolute Gasteiger partial charge is 0.391 e. The van der Waals surface area contributed by atoms with Gasteiger partial charge in [-0.2, -0.15) is 0 Å². The minimum Gasteiger partial charge on any atom is -0.391 e. The van der Waals surface area contributed by atoms with Crippen molar-refractivity contribution in [2.75, 3.05) is 6.61 Å². The molecule has 3 aromatic carbocycles. The van der Waals surface area contributed by atoms with Crippen molar-refractivity contribution < 1.29 is 27.9 Å². The van der Waals surface area contributed by atoms with Gasteiger partial charge in [-0.05, 0) is 29.8 Å². The quantitative estimate of drug-likeness (QED) is 0.210. The van der Waals surface area contributed by atoms with Crippen LogP contribution in [0.5, 0.6) is 0 Å². The molecule has 0 aromatic heterocycles. The molecule has 3 aliphatic rings. The molecule has 0 saturated carbocycles. The molecule has 232 valence electrons. The minimum absolute atomic E-state index is 0.277. The lowest BCUT2D eigenvalue weighted by Gasteiger charge is -2.58. The van der Waals surface area contributed by atoms with Gasteiger partial charge >= 0.3 is 8.56 Å². The molecule has 0 spiro atoms. The first-order valence-electron chi connectivity index (χ1n) is 15.2. The van der Waals surface area contributed by atoms with Gasteiger partial charge in [0.05, 0.1) is 24.3 Å². The molecule has 3 aliphatic heterocycles. The van der Waals surface area contributed by atoms with Gasteiger partial charge in [0.25, 0.3) is 11.8 Å². The maximum absolute atomic E-state index is 14.1. The third-order valence-corrected chi connectivity index (χ3v) is 15.0. The van der Waals surface area contributed by atoms with Crippen molar-refractivity contribution >= 4 is 32.1 Å². The smallest absolute Gasteiger partial charge is 0.349 e. The van der Waals surface area contributed by atoms with Gasteiger partial charge in [0, 0.05) is 15.0 Å². The Morgan fingerprint density at radius 2 is 1.36 bits per heavy atom. The Kier molecular flexibility index (Phi) is 8.41. The maximum atomic E-state index is 14.1. The second kappa shape index (κ2) is 11.9. The molecular formula is C35H41NO6SSi. The van der Waals surface area contributed by atoms with E-state index in [1.807, 2.05) is 60.7 Å². The van der Waals surface area contributed by atoms with Crippen molar-refractivity contribution in [3.63, 3.8) is 0 Å². The molecule has 6 rings (SSSR count). The van der Waals surface area contributed by atoms with Crippen LogP contribution in [-0.2, 0) is 24.9 Å². The normalized spacial score (nSPS) is 26.8. The van der Waals surface area contributed by atoms with Crippen LogP contribution in [0, 0.1) is 0 Å². The highest BCUT2D eigenvalue weighted by molar-refractivity contribution is 7.99. The van der Waals surface area contributed by atoms with Crippen LogP contribution in [0.25, 0.3) is 0 Å². The number of ether oxygens (including phenoxy) is 2. The summed E-state index contributed by atoms with van der Waals surface area (Å²) in [6, 6.07) is 26.1. The Balaban J connectivity index is 1.46. The number of hydrogen-bond acceptors (Lipinski definition) is 7. The first kappa shape index (κ1) is 31.2. The fourth-order valence-electron chi connectivity index (χ4n) is 6.94. The van der Waals surface area contributed by atoms with Gasteiger partial charge in [0.2, 0.25) is 0 Å². The minimum atomic E-state index is -2.96. The fraction of sp³-hybridized carbons (Fsp3) is 0.429. The molecule has 2 saturated heterocycles. The number of imide groups is 1.